The maximum absolute atomic E-state index is 13.4. The molecule has 1 unspecified atom stereocenters. The number of carbonyl (C=O) groups is 2. The lowest BCUT2D eigenvalue weighted by molar-refractivity contribution is -0.126. The van der Waals surface area contributed by atoms with E-state index in [1.165, 1.54) is 4.90 Å². The number of nitrogens with zero attached hydrogens (tertiary/aromatic N) is 4. The van der Waals surface area contributed by atoms with E-state index >= 15 is 0 Å². The summed E-state index contributed by atoms with van der Waals surface area (Å²) < 4.78 is 7.21. The van der Waals surface area contributed by atoms with Gasteiger partial charge in [0.25, 0.3) is 0 Å². The Labute approximate surface area is 158 Å². The average Bonchev–Trinajstić information content (AvgIpc) is 3.13. The van der Waals surface area contributed by atoms with Gasteiger partial charge in [0, 0.05) is 24.1 Å². The Morgan fingerprint density at radius 2 is 1.92 bits per heavy atom. The molecular weight excluding hydrogens is 372 g/mol. The van der Waals surface area contributed by atoms with Crippen molar-refractivity contribution in [2.45, 2.75) is 45.4 Å². The highest BCUT2D eigenvalue weighted by Gasteiger charge is 2.44. The number of likely N-dealkylation sites (tertiary alicyclic amines) is 1. The summed E-state index contributed by atoms with van der Waals surface area (Å²) in [5, 5.41) is 8.43. The van der Waals surface area contributed by atoms with E-state index in [4.69, 9.17) is 16.0 Å². The van der Waals surface area contributed by atoms with E-state index in [9.17, 15) is 9.59 Å². The number of imide groups is 1. The summed E-state index contributed by atoms with van der Waals surface area (Å²) >= 11 is 5.98. The smallest absolute Gasteiger partial charge is 0.323 e. The van der Waals surface area contributed by atoms with Crippen LogP contribution in [0, 0.1) is 6.92 Å². The molecule has 3 rings (SSSR count). The molecule has 3 amide bonds. The molecule has 1 aromatic heterocycles. The minimum absolute atomic E-state index is 0.229. The molecule has 1 saturated heterocycles. The lowest BCUT2D eigenvalue weighted by Gasteiger charge is -2.37. The van der Waals surface area contributed by atoms with E-state index in [0.29, 0.717) is 23.2 Å². The highest BCUT2D eigenvalue weighted by atomic mass is 35.5. The molecular formula is C17H21ClN4O3Si. The summed E-state index contributed by atoms with van der Waals surface area (Å²) in [6.45, 7) is 7.82. The first-order valence-corrected chi connectivity index (χ1v) is 12.2. The van der Waals surface area contributed by atoms with Gasteiger partial charge in [-0.2, -0.15) is 0 Å². The van der Waals surface area contributed by atoms with Gasteiger partial charge >= 0.3 is 6.03 Å². The predicted octanol–water partition coefficient (Wildman–Crippen LogP) is 4.16. The lowest BCUT2D eigenvalue weighted by Crippen LogP contribution is -2.56. The third-order valence-corrected chi connectivity index (χ3v) is 6.23. The Morgan fingerprint density at radius 1 is 1.27 bits per heavy atom. The third-order valence-electron chi connectivity index (χ3n) is 4.19. The van der Waals surface area contributed by atoms with Crippen LogP contribution in [-0.2, 0) is 4.79 Å². The Morgan fingerprint density at radius 3 is 2.46 bits per heavy atom. The van der Waals surface area contributed by atoms with Crippen LogP contribution in [0.5, 0.6) is 0 Å². The molecule has 138 valence electrons. The van der Waals surface area contributed by atoms with Crippen LogP contribution >= 0.6 is 11.6 Å². The third kappa shape index (κ3) is 3.52. The molecule has 1 atom stereocenters. The molecule has 26 heavy (non-hydrogen) atoms. The Hall–Kier alpha value is -2.19. The SMILES string of the molecule is Cc1nnc(C2CCC(=O)N2C(=O)N(c2ccc(Cl)cc2)[Si](C)(C)C)o1. The monoisotopic (exact) mass is 392 g/mol. The number of aromatic nitrogens is 2. The fraction of sp³-hybridized carbons (Fsp3) is 0.412. The first-order valence-electron chi connectivity index (χ1n) is 8.40. The number of anilines is 1. The molecule has 0 saturated carbocycles. The summed E-state index contributed by atoms with van der Waals surface area (Å²) in [5.74, 6) is 0.480. The van der Waals surface area contributed by atoms with Crippen molar-refractivity contribution in [3.63, 3.8) is 0 Å². The number of amides is 3. The van der Waals surface area contributed by atoms with Crippen molar-refractivity contribution < 1.29 is 14.0 Å². The summed E-state index contributed by atoms with van der Waals surface area (Å²) in [6.07, 6.45) is 0.754. The minimum atomic E-state index is -2.15. The van der Waals surface area contributed by atoms with Crippen LogP contribution in [0.1, 0.15) is 30.7 Å². The van der Waals surface area contributed by atoms with Gasteiger partial charge < -0.3 is 8.98 Å². The van der Waals surface area contributed by atoms with Crippen LogP contribution < -0.4 is 4.57 Å². The van der Waals surface area contributed by atoms with Gasteiger partial charge in [-0.25, -0.2) is 4.79 Å². The summed E-state index contributed by atoms with van der Waals surface area (Å²) in [6, 6.07) is 6.19. The van der Waals surface area contributed by atoms with Crippen LogP contribution in [-0.4, -0.2) is 35.3 Å². The second-order valence-electron chi connectivity index (χ2n) is 7.24. The molecule has 7 nitrogen and oxygen atoms in total. The number of halogens is 1. The molecule has 1 fully saturated rings. The zero-order chi connectivity index (χ0) is 19.1. The first-order chi connectivity index (χ1) is 12.2. The van der Waals surface area contributed by atoms with Crippen LogP contribution in [0.2, 0.25) is 24.7 Å². The number of benzene rings is 1. The van der Waals surface area contributed by atoms with Crippen LogP contribution in [0.25, 0.3) is 0 Å². The van der Waals surface area contributed by atoms with Gasteiger partial charge in [-0.1, -0.05) is 31.2 Å². The minimum Gasteiger partial charge on any atom is -0.423 e. The normalized spacial score (nSPS) is 17.7. The zero-order valence-electron chi connectivity index (χ0n) is 15.2. The molecule has 2 heterocycles. The van der Waals surface area contributed by atoms with Crippen LogP contribution in [0.3, 0.4) is 0 Å². The van der Waals surface area contributed by atoms with Crippen LogP contribution in [0.4, 0.5) is 10.5 Å². The maximum Gasteiger partial charge on any atom is 0.323 e. The quantitative estimate of drug-likeness (QED) is 0.733. The van der Waals surface area contributed by atoms with E-state index in [1.807, 2.05) is 19.6 Å². The molecule has 0 spiro atoms. The van der Waals surface area contributed by atoms with E-state index in [1.54, 1.807) is 35.8 Å². The topological polar surface area (TPSA) is 79.5 Å². The molecule has 0 bridgehead atoms. The first kappa shape index (κ1) is 18.6. The lowest BCUT2D eigenvalue weighted by atomic mass is 10.2. The number of hydrogen-bond donors (Lipinski definition) is 0. The molecule has 0 N–H and O–H groups in total. The molecule has 9 heteroatoms. The highest BCUT2D eigenvalue weighted by Crippen LogP contribution is 2.35. The Bertz CT molecular complexity index is 831. The molecule has 0 aliphatic carbocycles. The van der Waals surface area contributed by atoms with Crippen molar-refractivity contribution in [3.05, 3.63) is 41.1 Å². The second-order valence-corrected chi connectivity index (χ2v) is 12.5. The Kier molecular flexibility index (Phi) is 4.89. The largest absolute Gasteiger partial charge is 0.423 e. The number of hydrogen-bond acceptors (Lipinski definition) is 5. The van der Waals surface area contributed by atoms with Crippen molar-refractivity contribution in [1.29, 1.82) is 0 Å². The number of rotatable bonds is 3. The van der Waals surface area contributed by atoms with Gasteiger partial charge in [0.2, 0.25) is 17.7 Å². The average molecular weight is 393 g/mol. The number of aryl methyl sites for hydroxylation is 1. The molecule has 1 aliphatic heterocycles. The van der Waals surface area contributed by atoms with E-state index in [0.717, 1.165) is 5.69 Å². The standard InChI is InChI=1S/C17H21ClN4O3Si/c1-11-19-20-16(25-11)14-9-10-15(23)21(14)17(24)22(26(2,3)4)13-7-5-12(18)6-8-13/h5-8,14H,9-10H2,1-4H3. The predicted molar refractivity (Wildman–Crippen MR) is 101 cm³/mol. The zero-order valence-corrected chi connectivity index (χ0v) is 16.9. The molecule has 1 aliphatic rings. The van der Waals surface area contributed by atoms with Crippen molar-refractivity contribution in [1.82, 2.24) is 15.1 Å². The van der Waals surface area contributed by atoms with Gasteiger partial charge in [-0.3, -0.25) is 9.69 Å². The summed E-state index contributed by atoms with van der Waals surface area (Å²) in [7, 11) is -2.15. The Balaban J connectivity index is 1.99. The highest BCUT2D eigenvalue weighted by molar-refractivity contribution is 6.83. The fourth-order valence-electron chi connectivity index (χ4n) is 3.09. The van der Waals surface area contributed by atoms with E-state index < -0.39 is 14.3 Å². The van der Waals surface area contributed by atoms with Gasteiger partial charge in [0.15, 0.2) is 8.24 Å². The van der Waals surface area contributed by atoms with Gasteiger partial charge in [-0.15, -0.1) is 10.2 Å². The molecule has 1 aromatic carbocycles. The van der Waals surface area contributed by atoms with Crippen molar-refractivity contribution in [2.75, 3.05) is 4.57 Å². The molecule has 2 aromatic rings. The van der Waals surface area contributed by atoms with Gasteiger partial charge in [-0.05, 0) is 30.7 Å². The van der Waals surface area contributed by atoms with Crippen LogP contribution in [0.15, 0.2) is 28.7 Å². The van der Waals surface area contributed by atoms with E-state index in [2.05, 4.69) is 10.2 Å². The van der Waals surface area contributed by atoms with Crippen molar-refractivity contribution >= 4 is 37.5 Å². The van der Waals surface area contributed by atoms with Crippen molar-refractivity contribution in [2.24, 2.45) is 0 Å². The second kappa shape index (κ2) is 6.84. The van der Waals surface area contributed by atoms with Crippen molar-refractivity contribution in [3.8, 4) is 0 Å². The molecule has 0 radical (unpaired) electrons. The van der Waals surface area contributed by atoms with Gasteiger partial charge in [0.05, 0.1) is 0 Å². The summed E-state index contributed by atoms with van der Waals surface area (Å²) in [5.41, 5.74) is 0.721. The fourth-order valence-corrected chi connectivity index (χ4v) is 4.82. The van der Waals surface area contributed by atoms with E-state index in [-0.39, 0.29) is 18.4 Å². The van der Waals surface area contributed by atoms with Gasteiger partial charge in [0.1, 0.15) is 6.04 Å². The number of urea groups is 1. The maximum atomic E-state index is 13.4. The number of carbonyl (C=O) groups excluding carboxylic acids is 2. The summed E-state index contributed by atoms with van der Waals surface area (Å²) in [4.78, 5) is 27.2.